The van der Waals surface area contributed by atoms with Gasteiger partial charge in [-0.3, -0.25) is 0 Å². The van der Waals surface area contributed by atoms with E-state index in [9.17, 15) is 0 Å². The molecule has 5 heteroatoms. The van der Waals surface area contributed by atoms with Crippen molar-refractivity contribution >= 4 is 8.07 Å². The molecule has 1 atom stereocenters. The van der Waals surface area contributed by atoms with E-state index in [2.05, 4.69) is 84.7 Å². The van der Waals surface area contributed by atoms with Gasteiger partial charge >= 0.3 is 143 Å². The molecule has 0 saturated heterocycles. The Labute approximate surface area is 166 Å². The Morgan fingerprint density at radius 1 is 1.17 bits per heavy atom. The van der Waals surface area contributed by atoms with Crippen LogP contribution >= 0.6 is 0 Å². The first kappa shape index (κ1) is 23.4. The first-order valence-electron chi connectivity index (χ1n) is 7.71. The van der Waals surface area contributed by atoms with Crippen LogP contribution in [-0.2, 0) is 25.2 Å². The first-order valence-corrected chi connectivity index (χ1v) is 11.5. The largest absolute Gasteiger partial charge is 1.00 e. The third-order valence-electron chi connectivity index (χ3n) is 5.01. The number of hydrogen-bond acceptors (Lipinski definition) is 1. The second-order valence-corrected chi connectivity index (χ2v) is 13.2. The van der Waals surface area contributed by atoms with Crippen molar-refractivity contribution in [3.8, 4) is 0 Å². The van der Waals surface area contributed by atoms with Gasteiger partial charge in [0.05, 0.1) is 0 Å². The molecular formula is C18H27Cl2OSiTi. The van der Waals surface area contributed by atoms with Crippen LogP contribution in [0.3, 0.4) is 0 Å². The summed E-state index contributed by atoms with van der Waals surface area (Å²) in [6, 6.07) is 0. The summed E-state index contributed by atoms with van der Waals surface area (Å²) in [7, 11) is 0.100. The third kappa shape index (κ3) is 3.99. The van der Waals surface area contributed by atoms with Crippen LogP contribution in [0.2, 0.25) is 13.1 Å². The second kappa shape index (κ2) is 8.21. The van der Waals surface area contributed by atoms with E-state index < -0.39 is 8.07 Å². The van der Waals surface area contributed by atoms with Gasteiger partial charge in [0.15, 0.2) is 0 Å². The van der Waals surface area contributed by atoms with Gasteiger partial charge in [-0.1, -0.05) is 0 Å². The van der Waals surface area contributed by atoms with Crippen molar-refractivity contribution in [1.82, 2.24) is 0 Å². The van der Waals surface area contributed by atoms with E-state index in [0.29, 0.717) is 0 Å². The zero-order valence-electron chi connectivity index (χ0n) is 15.0. The van der Waals surface area contributed by atoms with Crippen LogP contribution in [0, 0.1) is 5.41 Å². The van der Waals surface area contributed by atoms with Gasteiger partial charge in [0.2, 0.25) is 0 Å². The Morgan fingerprint density at radius 3 is 2.22 bits per heavy atom. The maximum absolute atomic E-state index is 6.32. The molecule has 1 nitrogen and oxygen atoms in total. The third-order valence-corrected chi connectivity index (χ3v) is 10.7. The van der Waals surface area contributed by atoms with Gasteiger partial charge in [-0.2, -0.15) is 0 Å². The molecule has 0 N–H and O–H groups in total. The average molecular weight is 406 g/mol. The Bertz CT molecular complexity index is 556. The molecule has 0 amide bonds. The molecule has 0 aromatic carbocycles. The van der Waals surface area contributed by atoms with E-state index in [0.717, 1.165) is 12.8 Å². The molecule has 1 unspecified atom stereocenters. The molecule has 0 saturated carbocycles. The standard InChI is InChI=1S/C18H27OSi.2ClH.Ti/c1-17(2,3)16-13-9-10-14-18(16,19-4)20(5,6)15-11-7-8-12-15;;;/h7,9-11,13H,8,14H2,1-6H3;2*1H;/q;;;+2/p-2. The number of ether oxygens (including phenoxy) is 1. The van der Waals surface area contributed by atoms with Crippen molar-refractivity contribution in [1.29, 1.82) is 0 Å². The monoisotopic (exact) mass is 405 g/mol. The van der Waals surface area contributed by atoms with Crippen LogP contribution in [0.25, 0.3) is 0 Å². The molecule has 0 aliphatic heterocycles. The number of allylic oxidation sites excluding steroid dienone is 6. The fraction of sp³-hybridized carbons (Fsp3) is 0.556. The smallest absolute Gasteiger partial charge is 1.00 e. The summed E-state index contributed by atoms with van der Waals surface area (Å²) in [6.45, 7) is 11.9. The molecular weight excluding hydrogens is 379 g/mol. The van der Waals surface area contributed by atoms with E-state index in [-0.39, 0.29) is 35.5 Å². The fourth-order valence-corrected chi connectivity index (χ4v) is 9.72. The van der Waals surface area contributed by atoms with Crippen molar-refractivity contribution in [3.63, 3.8) is 0 Å². The molecule has 0 radical (unpaired) electrons. The zero-order valence-corrected chi connectivity index (χ0v) is 19.0. The van der Waals surface area contributed by atoms with Crippen LogP contribution in [0.4, 0.5) is 0 Å². The predicted molar refractivity (Wildman–Crippen MR) is 89.3 cm³/mol. The normalized spacial score (nSPS) is 24.3. The summed E-state index contributed by atoms with van der Waals surface area (Å²) in [5.41, 5.74) is 1.58. The Balaban J connectivity index is 0.00000242. The number of rotatable bonds is 3. The minimum absolute atomic E-state index is 0. The molecule has 0 aromatic rings. The maximum atomic E-state index is 6.32. The number of methoxy groups -OCH3 is 1. The van der Waals surface area contributed by atoms with Crippen molar-refractivity contribution in [3.05, 3.63) is 45.0 Å². The fourth-order valence-electron chi connectivity index (χ4n) is 3.85. The summed E-state index contributed by atoms with van der Waals surface area (Å²) in [5.74, 6) is 0. The molecule has 0 aromatic heterocycles. The number of halogens is 2. The van der Waals surface area contributed by atoms with Gasteiger partial charge in [-0.05, 0) is 0 Å². The minimum atomic E-state index is -1.80. The molecule has 0 fully saturated rings. The van der Waals surface area contributed by atoms with E-state index in [1.807, 2.05) is 7.11 Å². The minimum Gasteiger partial charge on any atom is -1.00 e. The van der Waals surface area contributed by atoms with Crippen molar-refractivity contribution < 1.29 is 50.0 Å². The van der Waals surface area contributed by atoms with E-state index in [1.54, 1.807) is 5.20 Å². The summed E-state index contributed by atoms with van der Waals surface area (Å²) in [5, 5.41) is 1.44. The Hall–Kier alpha value is 0.431. The quantitative estimate of drug-likeness (QED) is 0.539. The van der Waals surface area contributed by atoms with Crippen LogP contribution in [0.1, 0.15) is 33.6 Å². The first-order chi connectivity index (χ1) is 9.67. The van der Waals surface area contributed by atoms with Crippen molar-refractivity contribution in [2.75, 3.05) is 7.11 Å². The Morgan fingerprint density at radius 2 is 1.78 bits per heavy atom. The summed E-state index contributed by atoms with van der Waals surface area (Å²) in [4.78, 5) is 0. The van der Waals surface area contributed by atoms with Gasteiger partial charge in [0.1, 0.15) is 0 Å². The van der Waals surface area contributed by atoms with Crippen LogP contribution in [-0.4, -0.2) is 20.4 Å². The summed E-state index contributed by atoms with van der Waals surface area (Å²) >= 11 is 2.28. The van der Waals surface area contributed by atoms with Gasteiger partial charge in [0, 0.05) is 0 Å². The van der Waals surface area contributed by atoms with Gasteiger partial charge in [0.25, 0.3) is 0 Å². The molecule has 0 heterocycles. The molecule has 2 aliphatic rings. The molecule has 0 bridgehead atoms. The van der Waals surface area contributed by atoms with Crippen LogP contribution in [0.5, 0.6) is 0 Å². The van der Waals surface area contributed by atoms with E-state index >= 15 is 0 Å². The zero-order chi connectivity index (χ0) is 15.9. The van der Waals surface area contributed by atoms with Crippen LogP contribution in [0.15, 0.2) is 45.0 Å². The molecule has 127 valence electrons. The van der Waals surface area contributed by atoms with Crippen molar-refractivity contribution in [2.45, 2.75) is 51.9 Å². The molecule has 2 rings (SSSR count). The van der Waals surface area contributed by atoms with E-state index in [4.69, 9.17) is 4.74 Å². The molecule has 23 heavy (non-hydrogen) atoms. The van der Waals surface area contributed by atoms with Gasteiger partial charge < -0.3 is 24.8 Å². The number of hydrogen-bond donors (Lipinski definition) is 0. The Kier molecular flexibility index (Phi) is 8.36. The van der Waals surface area contributed by atoms with Crippen molar-refractivity contribution in [2.24, 2.45) is 5.41 Å². The topological polar surface area (TPSA) is 9.23 Å². The summed E-state index contributed by atoms with van der Waals surface area (Å²) < 4.78 is 7.85. The summed E-state index contributed by atoms with van der Waals surface area (Å²) in [6.07, 6.45) is 13.6. The molecule has 2 aliphatic carbocycles. The van der Waals surface area contributed by atoms with Crippen LogP contribution < -0.4 is 24.8 Å². The maximum Gasteiger partial charge on any atom is -1.00 e. The van der Waals surface area contributed by atoms with E-state index in [1.165, 1.54) is 9.45 Å². The molecule has 0 spiro atoms. The van der Waals surface area contributed by atoms with Gasteiger partial charge in [-0.25, -0.2) is 0 Å². The second-order valence-electron chi connectivity index (χ2n) is 7.62. The van der Waals surface area contributed by atoms with Gasteiger partial charge in [-0.15, -0.1) is 0 Å². The average Bonchev–Trinajstić information content (AvgIpc) is 2.84. The predicted octanol–water partition coefficient (Wildman–Crippen LogP) is -1.14. The SMILES string of the molecule is COC1([Si](C)(C)C2=[C]([Ti+2])CC=C2)CC=CC=C1C(C)(C)C.[Cl-].[Cl-].